The molecule has 10 heteroatoms. The Hall–Kier alpha value is -1.20. The van der Waals surface area contributed by atoms with E-state index in [2.05, 4.69) is 5.10 Å². The first-order chi connectivity index (χ1) is 8.49. The molecule has 0 aliphatic carbocycles. The fourth-order valence-corrected chi connectivity index (χ4v) is 2.33. The highest BCUT2D eigenvalue weighted by Gasteiger charge is 2.38. The molecule has 0 saturated carbocycles. The predicted octanol–water partition coefficient (Wildman–Crippen LogP) is -3.01. The Labute approximate surface area is 104 Å². The summed E-state index contributed by atoms with van der Waals surface area (Å²) < 4.78 is 5.08. The molecule has 100 valence electrons. The number of nitrogens with zero attached hydrogens (tertiary/aromatic N) is 1. The molecule has 4 atom stereocenters. The lowest BCUT2D eigenvalue weighted by atomic mass is 10.1. The van der Waals surface area contributed by atoms with Crippen molar-refractivity contribution in [2.75, 3.05) is 6.61 Å². The largest absolute Gasteiger partial charge is 0.388 e. The first kappa shape index (κ1) is 13.2. The van der Waals surface area contributed by atoms with Crippen molar-refractivity contribution in [1.29, 1.82) is 0 Å². The van der Waals surface area contributed by atoms with E-state index in [0.717, 1.165) is 11.8 Å². The molecule has 18 heavy (non-hydrogen) atoms. The number of aliphatic hydroxyl groups excluding tert-OH is 3. The number of nitrogens with one attached hydrogen (secondary N) is 2. The SMILES string of the molecule is O=c1[nH]nc(S[C@@H]2OC[C@@H](O)[C@@H](O)[C@H]2O)c(=O)[nH]1. The third-order valence-corrected chi connectivity index (χ3v) is 3.51. The summed E-state index contributed by atoms with van der Waals surface area (Å²) in [6, 6.07) is 0. The number of hydrogen-bond donors (Lipinski definition) is 5. The van der Waals surface area contributed by atoms with Crippen LogP contribution in [0.2, 0.25) is 0 Å². The second kappa shape index (κ2) is 5.20. The predicted molar refractivity (Wildman–Crippen MR) is 59.1 cm³/mol. The van der Waals surface area contributed by atoms with Crippen LogP contribution in [0.15, 0.2) is 14.6 Å². The molecule has 1 aromatic heterocycles. The van der Waals surface area contributed by atoms with Crippen LogP contribution in [0.25, 0.3) is 0 Å². The van der Waals surface area contributed by atoms with Gasteiger partial charge in [-0.3, -0.25) is 9.78 Å². The lowest BCUT2D eigenvalue weighted by Gasteiger charge is -2.34. The van der Waals surface area contributed by atoms with Gasteiger partial charge in [0.15, 0.2) is 5.03 Å². The van der Waals surface area contributed by atoms with E-state index >= 15 is 0 Å². The van der Waals surface area contributed by atoms with Crippen molar-refractivity contribution in [3.05, 3.63) is 20.8 Å². The van der Waals surface area contributed by atoms with Crippen molar-refractivity contribution in [3.8, 4) is 0 Å². The summed E-state index contributed by atoms with van der Waals surface area (Å²) in [5.41, 5.74) is -2.42. The van der Waals surface area contributed by atoms with E-state index in [4.69, 9.17) is 4.74 Å². The topological polar surface area (TPSA) is 149 Å². The zero-order chi connectivity index (χ0) is 13.3. The lowest BCUT2D eigenvalue weighted by molar-refractivity contribution is -0.161. The van der Waals surface area contributed by atoms with Crippen LogP contribution in [0.4, 0.5) is 0 Å². The van der Waals surface area contributed by atoms with E-state index < -0.39 is 35.0 Å². The van der Waals surface area contributed by atoms with Gasteiger partial charge in [-0.25, -0.2) is 9.89 Å². The zero-order valence-corrected chi connectivity index (χ0v) is 9.75. The molecule has 1 aliphatic rings. The average molecular weight is 277 g/mol. The highest BCUT2D eigenvalue weighted by atomic mass is 32.2. The van der Waals surface area contributed by atoms with Gasteiger partial charge in [0, 0.05) is 0 Å². The Bertz CT molecular complexity index is 530. The summed E-state index contributed by atoms with van der Waals surface area (Å²) in [5.74, 6) is 0. The Balaban J connectivity index is 2.14. The minimum atomic E-state index is -1.37. The quantitative estimate of drug-likeness (QED) is 0.384. The Morgan fingerprint density at radius 2 is 2.00 bits per heavy atom. The van der Waals surface area contributed by atoms with Crippen LogP contribution in [0.1, 0.15) is 0 Å². The first-order valence-electron chi connectivity index (χ1n) is 5.00. The van der Waals surface area contributed by atoms with Gasteiger partial charge in [-0.15, -0.1) is 0 Å². The molecule has 1 aliphatic heterocycles. The van der Waals surface area contributed by atoms with Gasteiger partial charge in [-0.05, 0) is 0 Å². The summed E-state index contributed by atoms with van der Waals surface area (Å²) in [7, 11) is 0. The molecule has 2 heterocycles. The second-order valence-corrected chi connectivity index (χ2v) is 4.77. The first-order valence-corrected chi connectivity index (χ1v) is 5.88. The smallest absolute Gasteiger partial charge is 0.342 e. The van der Waals surface area contributed by atoms with Crippen LogP contribution in [0.5, 0.6) is 0 Å². The van der Waals surface area contributed by atoms with Crippen LogP contribution >= 0.6 is 11.8 Å². The lowest BCUT2D eigenvalue weighted by Crippen LogP contribution is -2.51. The van der Waals surface area contributed by atoms with Crippen LogP contribution in [0, 0.1) is 0 Å². The van der Waals surface area contributed by atoms with Gasteiger partial charge < -0.3 is 20.1 Å². The molecule has 1 aromatic rings. The fourth-order valence-electron chi connectivity index (χ4n) is 1.41. The fraction of sp³-hybridized carbons (Fsp3) is 0.625. The number of aliphatic hydroxyl groups is 3. The van der Waals surface area contributed by atoms with Crippen molar-refractivity contribution >= 4 is 11.8 Å². The van der Waals surface area contributed by atoms with Crippen molar-refractivity contribution in [2.24, 2.45) is 0 Å². The molecule has 1 saturated heterocycles. The van der Waals surface area contributed by atoms with Crippen LogP contribution in [0.3, 0.4) is 0 Å². The van der Waals surface area contributed by atoms with Gasteiger partial charge in [0.1, 0.15) is 23.7 Å². The maximum absolute atomic E-state index is 11.4. The Kier molecular flexibility index (Phi) is 3.82. The van der Waals surface area contributed by atoms with Gasteiger partial charge in [0.2, 0.25) is 0 Å². The number of ether oxygens (including phenoxy) is 1. The number of aromatic nitrogens is 3. The maximum atomic E-state index is 11.4. The van der Waals surface area contributed by atoms with Crippen molar-refractivity contribution < 1.29 is 20.1 Å². The number of H-pyrrole nitrogens is 2. The maximum Gasteiger partial charge on any atom is 0.342 e. The van der Waals surface area contributed by atoms with E-state index in [9.17, 15) is 24.9 Å². The van der Waals surface area contributed by atoms with Crippen LogP contribution < -0.4 is 11.2 Å². The molecule has 0 bridgehead atoms. The molecule has 0 unspecified atom stereocenters. The minimum absolute atomic E-state index is 0.109. The van der Waals surface area contributed by atoms with Crippen molar-refractivity contribution in [2.45, 2.75) is 28.8 Å². The highest BCUT2D eigenvalue weighted by molar-refractivity contribution is 7.99. The minimum Gasteiger partial charge on any atom is -0.388 e. The molecule has 2 rings (SSSR count). The van der Waals surface area contributed by atoms with E-state index in [1.807, 2.05) is 10.1 Å². The van der Waals surface area contributed by atoms with Gasteiger partial charge in [-0.1, -0.05) is 11.8 Å². The summed E-state index contributed by atoms with van der Waals surface area (Å²) in [6.07, 6.45) is -3.91. The van der Waals surface area contributed by atoms with E-state index in [1.54, 1.807) is 0 Å². The summed E-state index contributed by atoms with van der Waals surface area (Å²) in [5, 5.41) is 33.8. The van der Waals surface area contributed by atoms with Crippen LogP contribution in [-0.4, -0.2) is 60.9 Å². The number of thioether (sulfide) groups is 1. The normalized spacial score (nSPS) is 32.4. The van der Waals surface area contributed by atoms with Crippen molar-refractivity contribution in [3.63, 3.8) is 0 Å². The van der Waals surface area contributed by atoms with E-state index in [1.165, 1.54) is 0 Å². The third-order valence-electron chi connectivity index (χ3n) is 2.36. The standard InChI is InChI=1S/C8H11N3O6S/c12-2-1-17-7(4(14)3(2)13)18-6-5(15)9-8(16)11-10-6/h2-4,7,12-14H,1H2,(H2,9,11,15,16)/t2-,3-,4-,7+/m1/s1. The summed E-state index contributed by atoms with van der Waals surface area (Å²) in [4.78, 5) is 24.1. The third kappa shape index (κ3) is 2.62. The molecule has 0 aromatic carbocycles. The molecule has 0 spiro atoms. The number of aromatic amines is 2. The molecule has 9 nitrogen and oxygen atoms in total. The molecule has 0 amide bonds. The van der Waals surface area contributed by atoms with E-state index in [0.29, 0.717) is 0 Å². The number of hydrogen-bond acceptors (Lipinski definition) is 8. The van der Waals surface area contributed by atoms with Crippen molar-refractivity contribution in [1.82, 2.24) is 15.2 Å². The van der Waals surface area contributed by atoms with E-state index in [-0.39, 0.29) is 11.6 Å². The Morgan fingerprint density at radius 1 is 1.28 bits per heavy atom. The van der Waals surface area contributed by atoms with Gasteiger partial charge in [0.25, 0.3) is 5.56 Å². The Morgan fingerprint density at radius 3 is 2.67 bits per heavy atom. The summed E-state index contributed by atoms with van der Waals surface area (Å²) >= 11 is 0.745. The monoisotopic (exact) mass is 277 g/mol. The summed E-state index contributed by atoms with van der Waals surface area (Å²) in [6.45, 7) is -0.169. The average Bonchev–Trinajstić information content (AvgIpc) is 2.33. The molecular weight excluding hydrogens is 266 g/mol. The molecule has 5 N–H and O–H groups in total. The zero-order valence-electron chi connectivity index (χ0n) is 8.94. The molecule has 1 fully saturated rings. The molecule has 0 radical (unpaired) electrons. The highest BCUT2D eigenvalue weighted by Crippen LogP contribution is 2.27. The van der Waals surface area contributed by atoms with Gasteiger partial charge in [-0.2, -0.15) is 5.10 Å². The number of rotatable bonds is 2. The second-order valence-electron chi connectivity index (χ2n) is 3.68. The molecular formula is C8H11N3O6S. The van der Waals surface area contributed by atoms with Gasteiger partial charge >= 0.3 is 5.69 Å². The van der Waals surface area contributed by atoms with Gasteiger partial charge in [0.05, 0.1) is 6.61 Å². The van der Waals surface area contributed by atoms with Crippen LogP contribution in [-0.2, 0) is 4.74 Å².